The van der Waals surface area contributed by atoms with E-state index < -0.39 is 23.7 Å². The second-order valence-electron chi connectivity index (χ2n) is 9.47. The SMILES string of the molecule is COc1cc(-c2cnc3cc(C4(C(=O)O)CC4)ccn23)cc(OC(F)F)c1C(C)(O)N(C)C1CC1. The monoisotopic (exact) mass is 487 g/mol. The molecular weight excluding hydrogens is 460 g/mol. The Kier molecular flexibility index (Phi) is 5.48. The van der Waals surface area contributed by atoms with Gasteiger partial charge in [0.1, 0.15) is 22.9 Å². The minimum absolute atomic E-state index is 0.117. The van der Waals surface area contributed by atoms with Crippen LogP contribution >= 0.6 is 0 Å². The third-order valence-corrected chi connectivity index (χ3v) is 7.28. The van der Waals surface area contributed by atoms with Crippen LogP contribution in [0.15, 0.2) is 36.7 Å². The quantitative estimate of drug-likeness (QED) is 0.441. The van der Waals surface area contributed by atoms with Crippen LogP contribution in [0.1, 0.15) is 43.7 Å². The van der Waals surface area contributed by atoms with Gasteiger partial charge in [-0.2, -0.15) is 8.78 Å². The molecule has 0 saturated heterocycles. The summed E-state index contributed by atoms with van der Waals surface area (Å²) in [4.78, 5) is 17.9. The number of benzene rings is 1. The normalized spacial score (nSPS) is 18.6. The Balaban J connectivity index is 1.62. The summed E-state index contributed by atoms with van der Waals surface area (Å²) >= 11 is 0. The smallest absolute Gasteiger partial charge is 0.387 e. The molecule has 1 aromatic carbocycles. The number of aromatic nitrogens is 2. The average Bonchev–Trinajstić information content (AvgIpc) is 3.73. The van der Waals surface area contributed by atoms with Crippen molar-refractivity contribution in [2.24, 2.45) is 0 Å². The van der Waals surface area contributed by atoms with Crippen molar-refractivity contribution in [3.63, 3.8) is 0 Å². The van der Waals surface area contributed by atoms with Crippen LogP contribution in [0.25, 0.3) is 16.9 Å². The molecule has 2 fully saturated rings. The molecule has 10 heteroatoms. The third kappa shape index (κ3) is 3.90. The van der Waals surface area contributed by atoms with Gasteiger partial charge in [0.05, 0.1) is 30.0 Å². The topological polar surface area (TPSA) is 96.5 Å². The number of fused-ring (bicyclic) bond motifs is 1. The van der Waals surface area contributed by atoms with E-state index in [0.717, 1.165) is 12.8 Å². The molecular formula is C25H27F2N3O5. The summed E-state index contributed by atoms with van der Waals surface area (Å²) in [5.74, 6) is -0.850. The number of nitrogens with zero attached hydrogens (tertiary/aromatic N) is 3. The van der Waals surface area contributed by atoms with Gasteiger partial charge in [0, 0.05) is 17.8 Å². The van der Waals surface area contributed by atoms with Gasteiger partial charge in [0.25, 0.3) is 0 Å². The van der Waals surface area contributed by atoms with Gasteiger partial charge >= 0.3 is 12.6 Å². The highest BCUT2D eigenvalue weighted by molar-refractivity contribution is 5.85. The van der Waals surface area contributed by atoms with Crippen LogP contribution in [-0.4, -0.2) is 57.3 Å². The Labute approximate surface area is 200 Å². The van der Waals surface area contributed by atoms with Crippen LogP contribution in [0.5, 0.6) is 11.5 Å². The molecule has 2 saturated carbocycles. The molecule has 0 aliphatic heterocycles. The van der Waals surface area contributed by atoms with E-state index in [-0.39, 0.29) is 23.1 Å². The first-order valence-electron chi connectivity index (χ1n) is 11.4. The number of hydrogen-bond donors (Lipinski definition) is 2. The zero-order valence-corrected chi connectivity index (χ0v) is 19.7. The highest BCUT2D eigenvalue weighted by Gasteiger charge is 2.52. The first-order valence-corrected chi connectivity index (χ1v) is 11.4. The number of rotatable bonds is 9. The van der Waals surface area contributed by atoms with Crippen LogP contribution in [-0.2, 0) is 15.9 Å². The van der Waals surface area contributed by atoms with E-state index in [1.54, 1.807) is 46.9 Å². The molecule has 0 spiro atoms. The number of carboxylic acids is 1. The highest BCUT2D eigenvalue weighted by Crippen LogP contribution is 2.49. The van der Waals surface area contributed by atoms with E-state index >= 15 is 0 Å². The van der Waals surface area contributed by atoms with Crippen LogP contribution in [0, 0.1) is 0 Å². The van der Waals surface area contributed by atoms with Gasteiger partial charge in [-0.25, -0.2) is 4.98 Å². The van der Waals surface area contributed by atoms with Gasteiger partial charge in [-0.1, -0.05) is 0 Å². The number of aliphatic hydroxyl groups is 1. The summed E-state index contributed by atoms with van der Waals surface area (Å²) in [6.45, 7) is -1.57. The minimum Gasteiger partial charge on any atom is -0.496 e. The molecule has 35 heavy (non-hydrogen) atoms. The van der Waals surface area contributed by atoms with Crippen molar-refractivity contribution < 1.29 is 33.3 Å². The summed E-state index contributed by atoms with van der Waals surface area (Å²) in [7, 11) is 3.15. The van der Waals surface area contributed by atoms with Gasteiger partial charge in [0.15, 0.2) is 0 Å². The Morgan fingerprint density at radius 1 is 1.29 bits per heavy atom. The van der Waals surface area contributed by atoms with Crippen molar-refractivity contribution in [3.05, 3.63) is 47.8 Å². The number of imidazole rings is 1. The molecule has 0 amide bonds. The van der Waals surface area contributed by atoms with E-state index in [9.17, 15) is 23.8 Å². The summed E-state index contributed by atoms with van der Waals surface area (Å²) < 4.78 is 39.0. The van der Waals surface area contributed by atoms with Crippen LogP contribution in [0.3, 0.4) is 0 Å². The lowest BCUT2D eigenvalue weighted by Gasteiger charge is -2.36. The number of halogens is 2. The van der Waals surface area contributed by atoms with Gasteiger partial charge in [-0.15, -0.1) is 0 Å². The highest BCUT2D eigenvalue weighted by atomic mass is 19.3. The summed E-state index contributed by atoms with van der Waals surface area (Å²) in [5.41, 5.74) is -0.0773. The molecule has 2 aliphatic rings. The fraction of sp³-hybridized carbons (Fsp3) is 0.440. The number of carboxylic acid groups (broad SMARTS) is 1. The Morgan fingerprint density at radius 2 is 1.97 bits per heavy atom. The zero-order chi connectivity index (χ0) is 25.1. The Hall–Kier alpha value is -3.24. The fourth-order valence-corrected chi connectivity index (χ4v) is 4.79. The molecule has 2 N–H and O–H groups in total. The van der Waals surface area contributed by atoms with Crippen LogP contribution < -0.4 is 9.47 Å². The first kappa shape index (κ1) is 23.5. The molecule has 1 unspecified atom stereocenters. The van der Waals surface area contributed by atoms with Crippen molar-refractivity contribution in [2.45, 2.75) is 56.4 Å². The molecule has 1 atom stereocenters. The average molecular weight is 488 g/mol. The van der Waals surface area contributed by atoms with E-state index in [2.05, 4.69) is 4.98 Å². The summed E-state index contributed by atoms with van der Waals surface area (Å²) in [6.07, 6.45) is 6.27. The Morgan fingerprint density at radius 3 is 2.54 bits per heavy atom. The van der Waals surface area contributed by atoms with E-state index in [1.807, 2.05) is 0 Å². The van der Waals surface area contributed by atoms with Crippen LogP contribution in [0.2, 0.25) is 0 Å². The number of ether oxygens (including phenoxy) is 2. The van der Waals surface area contributed by atoms with Crippen LogP contribution in [0.4, 0.5) is 8.78 Å². The molecule has 2 aliphatic carbocycles. The molecule has 0 radical (unpaired) electrons. The molecule has 2 heterocycles. The van der Waals surface area contributed by atoms with Gasteiger partial charge in [-0.3, -0.25) is 14.1 Å². The number of alkyl halides is 2. The second-order valence-corrected chi connectivity index (χ2v) is 9.47. The lowest BCUT2D eigenvalue weighted by atomic mass is 9.96. The fourth-order valence-electron chi connectivity index (χ4n) is 4.79. The lowest BCUT2D eigenvalue weighted by Crippen LogP contribution is -2.43. The predicted molar refractivity (Wildman–Crippen MR) is 123 cm³/mol. The number of pyridine rings is 1. The van der Waals surface area contributed by atoms with Gasteiger partial charge in [-0.05, 0) is 69.5 Å². The number of aliphatic carboxylic acids is 1. The van der Waals surface area contributed by atoms with Crippen molar-refractivity contribution >= 4 is 11.6 Å². The zero-order valence-electron chi connectivity index (χ0n) is 19.7. The Bertz CT molecular complexity index is 1300. The largest absolute Gasteiger partial charge is 0.496 e. The second kappa shape index (κ2) is 8.17. The summed E-state index contributed by atoms with van der Waals surface area (Å²) in [5, 5.41) is 21.0. The maximum absolute atomic E-state index is 13.4. The lowest BCUT2D eigenvalue weighted by molar-refractivity contribution is -0.140. The molecule has 8 nitrogen and oxygen atoms in total. The first-order chi connectivity index (χ1) is 16.6. The predicted octanol–water partition coefficient (Wildman–Crippen LogP) is 3.99. The molecule has 3 aromatic rings. The van der Waals surface area contributed by atoms with Gasteiger partial charge < -0.3 is 19.7 Å². The van der Waals surface area contributed by atoms with Crippen molar-refractivity contribution in [2.75, 3.05) is 14.2 Å². The van der Waals surface area contributed by atoms with Crippen molar-refractivity contribution in [1.82, 2.24) is 14.3 Å². The van der Waals surface area contributed by atoms with E-state index in [1.165, 1.54) is 20.1 Å². The number of hydrogen-bond acceptors (Lipinski definition) is 6. The van der Waals surface area contributed by atoms with E-state index in [0.29, 0.717) is 35.3 Å². The number of carbonyl (C=O) groups is 1. The summed E-state index contributed by atoms with van der Waals surface area (Å²) in [6, 6.07) is 6.72. The number of methoxy groups -OCH3 is 1. The minimum atomic E-state index is -3.11. The molecule has 2 aromatic heterocycles. The third-order valence-electron chi connectivity index (χ3n) is 7.28. The van der Waals surface area contributed by atoms with E-state index in [4.69, 9.17) is 9.47 Å². The maximum atomic E-state index is 13.4. The van der Waals surface area contributed by atoms with Crippen molar-refractivity contribution in [1.29, 1.82) is 0 Å². The van der Waals surface area contributed by atoms with Gasteiger partial charge in [0.2, 0.25) is 0 Å². The standard InChI is InChI=1S/C25H27F2N3O5/c1-24(33,29(2)16-4-5-16)21-18(34-3)10-14(11-19(21)35-23(26)27)17-13-28-20-12-15(6-9-30(17)20)25(7-8-25)22(31)32/h6,9-13,16,23,33H,4-5,7-8H2,1-3H3,(H,31,32). The molecule has 186 valence electrons. The molecule has 5 rings (SSSR count). The molecule has 0 bridgehead atoms. The van der Waals surface area contributed by atoms with Crippen molar-refractivity contribution in [3.8, 4) is 22.8 Å². The maximum Gasteiger partial charge on any atom is 0.387 e.